The zero-order valence-electron chi connectivity index (χ0n) is 13.5. The number of Topliss-reactive ketones (excluding diaryl/α,β-unsaturated/α-hetero) is 1. The molecule has 0 saturated heterocycles. The standard InChI is InChI=1S/C19H18F3NO/c1-3-23(17-12-8-7-9-14(17)2)13-16(18(24)19(20,21)22)15-10-5-4-6-11-15/h4-13H,3H2,1-2H3/b16-13-. The predicted octanol–water partition coefficient (Wildman–Crippen LogP) is 4.99. The Hall–Kier alpha value is -2.56. The minimum absolute atomic E-state index is 0.242. The number of alkyl halides is 3. The molecule has 2 aromatic rings. The number of benzene rings is 2. The highest BCUT2D eigenvalue weighted by molar-refractivity contribution is 6.23. The van der Waals surface area contributed by atoms with Gasteiger partial charge in [0.15, 0.2) is 0 Å². The van der Waals surface area contributed by atoms with E-state index in [1.54, 1.807) is 23.1 Å². The number of carbonyl (C=O) groups is 1. The Labute approximate surface area is 139 Å². The molecule has 0 aliphatic heterocycles. The molecule has 0 radical (unpaired) electrons. The van der Waals surface area contributed by atoms with Gasteiger partial charge in [0.2, 0.25) is 0 Å². The van der Waals surface area contributed by atoms with Crippen molar-refractivity contribution in [2.24, 2.45) is 0 Å². The summed E-state index contributed by atoms with van der Waals surface area (Å²) in [7, 11) is 0. The molecular weight excluding hydrogens is 315 g/mol. The second-order valence-electron chi connectivity index (χ2n) is 5.31. The molecule has 0 heterocycles. The third-order valence-corrected chi connectivity index (χ3v) is 3.64. The van der Waals surface area contributed by atoms with E-state index < -0.39 is 12.0 Å². The van der Waals surface area contributed by atoms with Crippen molar-refractivity contribution in [2.75, 3.05) is 11.4 Å². The molecule has 0 atom stereocenters. The third-order valence-electron chi connectivity index (χ3n) is 3.64. The second-order valence-corrected chi connectivity index (χ2v) is 5.31. The number of rotatable bonds is 5. The summed E-state index contributed by atoms with van der Waals surface area (Å²) in [6.45, 7) is 4.13. The fourth-order valence-corrected chi connectivity index (χ4v) is 2.41. The summed E-state index contributed by atoms with van der Waals surface area (Å²) in [5, 5.41) is 0. The van der Waals surface area contributed by atoms with Crippen molar-refractivity contribution in [2.45, 2.75) is 20.0 Å². The Bertz CT molecular complexity index is 736. The number of hydrogen-bond donors (Lipinski definition) is 0. The van der Waals surface area contributed by atoms with Crippen LogP contribution >= 0.6 is 0 Å². The first-order valence-electron chi connectivity index (χ1n) is 7.55. The molecule has 0 amide bonds. The molecule has 2 rings (SSSR count). The van der Waals surface area contributed by atoms with Crippen LogP contribution in [-0.2, 0) is 4.79 Å². The van der Waals surface area contributed by atoms with Gasteiger partial charge in [-0.3, -0.25) is 4.79 Å². The van der Waals surface area contributed by atoms with Gasteiger partial charge < -0.3 is 4.90 Å². The van der Waals surface area contributed by atoms with Crippen molar-refractivity contribution in [1.29, 1.82) is 0 Å². The summed E-state index contributed by atoms with van der Waals surface area (Å²) in [6, 6.07) is 15.3. The van der Waals surface area contributed by atoms with Crippen LogP contribution in [0.4, 0.5) is 18.9 Å². The van der Waals surface area contributed by atoms with E-state index in [-0.39, 0.29) is 11.1 Å². The molecule has 126 valence electrons. The van der Waals surface area contributed by atoms with E-state index >= 15 is 0 Å². The zero-order valence-corrected chi connectivity index (χ0v) is 13.5. The fraction of sp³-hybridized carbons (Fsp3) is 0.211. The van der Waals surface area contributed by atoms with Crippen molar-refractivity contribution in [3.63, 3.8) is 0 Å². The second kappa shape index (κ2) is 7.34. The molecule has 0 fully saturated rings. The predicted molar refractivity (Wildman–Crippen MR) is 89.7 cm³/mol. The molecule has 0 aromatic heterocycles. The minimum Gasteiger partial charge on any atom is -0.347 e. The smallest absolute Gasteiger partial charge is 0.347 e. The van der Waals surface area contributed by atoms with Gasteiger partial charge in [-0.15, -0.1) is 0 Å². The van der Waals surface area contributed by atoms with Gasteiger partial charge in [0.05, 0.1) is 5.57 Å². The summed E-state index contributed by atoms with van der Waals surface area (Å²) in [4.78, 5) is 13.6. The van der Waals surface area contributed by atoms with Gasteiger partial charge in [-0.25, -0.2) is 0 Å². The molecule has 5 heteroatoms. The Kier molecular flexibility index (Phi) is 5.44. The van der Waals surface area contributed by atoms with Crippen LogP contribution in [0.25, 0.3) is 5.57 Å². The van der Waals surface area contributed by atoms with Gasteiger partial charge in [-0.1, -0.05) is 48.5 Å². The fourth-order valence-electron chi connectivity index (χ4n) is 2.41. The monoisotopic (exact) mass is 333 g/mol. The summed E-state index contributed by atoms with van der Waals surface area (Å²) in [6.07, 6.45) is -3.64. The van der Waals surface area contributed by atoms with Gasteiger partial charge >= 0.3 is 6.18 Å². The molecule has 2 aromatic carbocycles. The summed E-state index contributed by atoms with van der Waals surface area (Å²) >= 11 is 0. The van der Waals surface area contributed by atoms with E-state index in [1.807, 2.05) is 38.1 Å². The van der Waals surface area contributed by atoms with Crippen LogP contribution in [-0.4, -0.2) is 18.5 Å². The first-order chi connectivity index (χ1) is 11.3. The van der Waals surface area contributed by atoms with Crippen LogP contribution in [0, 0.1) is 6.92 Å². The lowest BCUT2D eigenvalue weighted by Gasteiger charge is -2.22. The number of allylic oxidation sites excluding steroid dienone is 1. The van der Waals surface area contributed by atoms with Gasteiger partial charge in [0.25, 0.3) is 5.78 Å². The molecule has 0 saturated carbocycles. The molecule has 0 bridgehead atoms. The number of ketones is 1. The molecule has 0 N–H and O–H groups in total. The number of halogens is 3. The van der Waals surface area contributed by atoms with E-state index in [0.29, 0.717) is 6.54 Å². The number of nitrogens with zero attached hydrogens (tertiary/aromatic N) is 1. The Morgan fingerprint density at radius 1 is 1.04 bits per heavy atom. The first-order valence-corrected chi connectivity index (χ1v) is 7.55. The normalized spacial score (nSPS) is 12.1. The third kappa shape index (κ3) is 4.04. The van der Waals surface area contributed by atoms with Crippen molar-refractivity contribution >= 4 is 17.0 Å². The van der Waals surface area contributed by atoms with Crippen LogP contribution in [0.2, 0.25) is 0 Å². The number of aryl methyl sites for hydroxylation is 1. The quantitative estimate of drug-likeness (QED) is 0.718. The summed E-state index contributed by atoms with van der Waals surface area (Å²) < 4.78 is 39.0. The highest BCUT2D eigenvalue weighted by Gasteiger charge is 2.41. The summed E-state index contributed by atoms with van der Waals surface area (Å²) in [5.41, 5.74) is 1.56. The summed E-state index contributed by atoms with van der Waals surface area (Å²) in [5.74, 6) is -1.85. The SMILES string of the molecule is CCN(/C=C(\C(=O)C(F)(F)F)c1ccccc1)c1ccccc1C. The minimum atomic E-state index is -4.92. The topological polar surface area (TPSA) is 20.3 Å². The lowest BCUT2D eigenvalue weighted by Crippen LogP contribution is -2.26. The van der Waals surface area contributed by atoms with Crippen LogP contribution in [0.5, 0.6) is 0 Å². The van der Waals surface area contributed by atoms with Gasteiger partial charge in [0.1, 0.15) is 0 Å². The average Bonchev–Trinajstić information content (AvgIpc) is 2.56. The van der Waals surface area contributed by atoms with Crippen LogP contribution < -0.4 is 4.90 Å². The molecular formula is C19H18F3NO. The van der Waals surface area contributed by atoms with E-state index in [4.69, 9.17) is 0 Å². The Balaban J connectivity index is 2.55. The first kappa shape index (κ1) is 17.8. The van der Waals surface area contributed by atoms with Gasteiger partial charge in [0, 0.05) is 18.4 Å². The lowest BCUT2D eigenvalue weighted by molar-refractivity contribution is -0.164. The van der Waals surface area contributed by atoms with Crippen LogP contribution in [0.3, 0.4) is 0 Å². The Morgan fingerprint density at radius 3 is 2.17 bits per heavy atom. The molecule has 24 heavy (non-hydrogen) atoms. The lowest BCUT2D eigenvalue weighted by atomic mass is 10.0. The Morgan fingerprint density at radius 2 is 1.62 bits per heavy atom. The van der Waals surface area contributed by atoms with Crippen LogP contribution in [0.15, 0.2) is 60.8 Å². The average molecular weight is 333 g/mol. The molecule has 0 aliphatic rings. The molecule has 0 spiro atoms. The molecule has 2 nitrogen and oxygen atoms in total. The van der Waals surface area contributed by atoms with Crippen LogP contribution in [0.1, 0.15) is 18.1 Å². The number of anilines is 1. The van der Waals surface area contributed by atoms with E-state index in [2.05, 4.69) is 0 Å². The number of hydrogen-bond acceptors (Lipinski definition) is 2. The maximum atomic E-state index is 13.0. The number of para-hydroxylation sites is 1. The van der Waals surface area contributed by atoms with E-state index in [1.165, 1.54) is 18.3 Å². The maximum absolute atomic E-state index is 13.0. The van der Waals surface area contributed by atoms with Crippen molar-refractivity contribution < 1.29 is 18.0 Å². The zero-order chi connectivity index (χ0) is 17.7. The highest BCUT2D eigenvalue weighted by Crippen LogP contribution is 2.29. The highest BCUT2D eigenvalue weighted by atomic mass is 19.4. The van der Waals surface area contributed by atoms with Crippen molar-refractivity contribution in [3.8, 4) is 0 Å². The maximum Gasteiger partial charge on any atom is 0.454 e. The molecule has 0 unspecified atom stereocenters. The van der Waals surface area contributed by atoms with Crippen molar-refractivity contribution in [1.82, 2.24) is 0 Å². The van der Waals surface area contributed by atoms with Gasteiger partial charge in [-0.05, 0) is 31.0 Å². The van der Waals surface area contributed by atoms with E-state index in [0.717, 1.165) is 11.3 Å². The van der Waals surface area contributed by atoms with Gasteiger partial charge in [-0.2, -0.15) is 13.2 Å². The van der Waals surface area contributed by atoms with E-state index in [9.17, 15) is 18.0 Å². The number of carbonyl (C=O) groups excluding carboxylic acids is 1. The largest absolute Gasteiger partial charge is 0.454 e. The van der Waals surface area contributed by atoms with Crippen molar-refractivity contribution in [3.05, 3.63) is 71.9 Å². The molecule has 0 aliphatic carbocycles.